The molecule has 0 radical (unpaired) electrons. The van der Waals surface area contributed by atoms with Crippen LogP contribution in [0, 0.1) is 0 Å². The molecule has 0 aromatic heterocycles. The third-order valence-electron chi connectivity index (χ3n) is 2.08. The lowest BCUT2D eigenvalue weighted by atomic mass is 10.1. The van der Waals surface area contributed by atoms with E-state index in [1.165, 1.54) is 0 Å². The van der Waals surface area contributed by atoms with Gasteiger partial charge in [-0.1, -0.05) is 30.3 Å². The molecule has 82 valence electrons. The van der Waals surface area contributed by atoms with Crippen LogP contribution in [0.2, 0.25) is 0 Å². The van der Waals surface area contributed by atoms with Crippen LogP contribution in [0.3, 0.4) is 0 Å². The first-order valence-electron chi connectivity index (χ1n) is 4.47. The van der Waals surface area contributed by atoms with Crippen molar-refractivity contribution in [3.8, 4) is 0 Å². The van der Waals surface area contributed by atoms with Gasteiger partial charge in [0.15, 0.2) is 0 Å². The zero-order valence-corrected chi connectivity index (χ0v) is 8.71. The molecular weight excluding hydrogens is 219 g/mol. The molecule has 1 saturated heterocycles. The molecule has 1 heterocycles. The van der Waals surface area contributed by atoms with Gasteiger partial charge in [0, 0.05) is 0 Å². The fourth-order valence-corrected chi connectivity index (χ4v) is 1.92. The minimum absolute atomic E-state index is 0.250. The second-order valence-corrected chi connectivity index (χ2v) is 4.49. The first-order valence-corrected chi connectivity index (χ1v) is 6.00. The number of phosphoric acid groups is 1. The normalized spacial score (nSPS) is 22.4. The van der Waals surface area contributed by atoms with E-state index in [2.05, 4.69) is 4.52 Å². The summed E-state index contributed by atoms with van der Waals surface area (Å²) < 4.78 is 20.5. The van der Waals surface area contributed by atoms with Gasteiger partial charge in [-0.25, -0.2) is 4.57 Å². The van der Waals surface area contributed by atoms with Gasteiger partial charge < -0.3 is 14.5 Å². The average Bonchev–Trinajstić information content (AvgIpc) is 2.97. The van der Waals surface area contributed by atoms with Gasteiger partial charge in [-0.2, -0.15) is 0 Å². The highest BCUT2D eigenvalue weighted by Gasteiger charge is 2.38. The monoisotopic (exact) mass is 230 g/mol. The molecule has 1 aliphatic heterocycles. The molecule has 2 N–H and O–H groups in total. The van der Waals surface area contributed by atoms with Gasteiger partial charge in [0.25, 0.3) is 0 Å². The molecule has 6 heteroatoms. The zero-order chi connectivity index (χ0) is 10.9. The van der Waals surface area contributed by atoms with Crippen LogP contribution < -0.4 is 0 Å². The Morgan fingerprint density at radius 1 is 1.40 bits per heavy atom. The van der Waals surface area contributed by atoms with Gasteiger partial charge in [0.1, 0.15) is 12.2 Å². The summed E-state index contributed by atoms with van der Waals surface area (Å²) in [5, 5.41) is 0. The molecule has 1 fully saturated rings. The van der Waals surface area contributed by atoms with Crippen molar-refractivity contribution in [3.05, 3.63) is 35.9 Å². The molecule has 1 aliphatic rings. The molecular formula is C9H11O5P. The van der Waals surface area contributed by atoms with E-state index >= 15 is 0 Å². The molecule has 0 amide bonds. The predicted molar refractivity (Wildman–Crippen MR) is 52.1 cm³/mol. The summed E-state index contributed by atoms with van der Waals surface area (Å²) in [7, 11) is -4.48. The molecule has 1 aromatic carbocycles. The summed E-state index contributed by atoms with van der Waals surface area (Å²) >= 11 is 0. The van der Waals surface area contributed by atoms with Crippen molar-refractivity contribution in [2.24, 2.45) is 0 Å². The number of hydrogen-bond acceptors (Lipinski definition) is 3. The number of benzene rings is 1. The van der Waals surface area contributed by atoms with E-state index in [0.717, 1.165) is 0 Å². The summed E-state index contributed by atoms with van der Waals surface area (Å²) in [4.78, 5) is 17.5. The van der Waals surface area contributed by atoms with Crippen molar-refractivity contribution in [2.75, 3.05) is 6.61 Å². The maximum atomic E-state index is 10.8. The molecule has 0 aliphatic carbocycles. The predicted octanol–water partition coefficient (Wildman–Crippen LogP) is 1.24. The molecule has 0 bridgehead atoms. The first-order chi connectivity index (χ1) is 7.06. The van der Waals surface area contributed by atoms with Crippen molar-refractivity contribution in [1.29, 1.82) is 0 Å². The maximum absolute atomic E-state index is 10.8. The lowest BCUT2D eigenvalue weighted by molar-refractivity contribution is 0.109. The molecule has 2 rings (SSSR count). The fourth-order valence-electron chi connectivity index (χ4n) is 1.36. The number of hydrogen-bond donors (Lipinski definition) is 2. The summed E-state index contributed by atoms with van der Waals surface area (Å²) in [6.45, 7) is 0.472. The summed E-state index contributed by atoms with van der Waals surface area (Å²) in [6.07, 6.45) is -0.938. The van der Waals surface area contributed by atoms with Crippen LogP contribution in [-0.2, 0) is 13.8 Å². The average molecular weight is 230 g/mol. The van der Waals surface area contributed by atoms with E-state index in [4.69, 9.17) is 14.5 Å². The van der Waals surface area contributed by atoms with Crippen molar-refractivity contribution < 1.29 is 23.6 Å². The highest BCUT2D eigenvalue weighted by Crippen LogP contribution is 2.46. The number of ether oxygens (including phenoxy) is 1. The number of epoxide rings is 1. The Bertz CT molecular complexity index is 369. The number of phosphoric ester groups is 1. The molecule has 5 nitrogen and oxygen atoms in total. The second kappa shape index (κ2) is 4.04. The molecule has 1 aromatic rings. The smallest absolute Gasteiger partial charge is 0.370 e. The topological polar surface area (TPSA) is 79.3 Å². The van der Waals surface area contributed by atoms with E-state index in [1.807, 2.05) is 6.07 Å². The van der Waals surface area contributed by atoms with Crippen molar-refractivity contribution in [3.63, 3.8) is 0 Å². The fraction of sp³-hybridized carbons (Fsp3) is 0.333. The quantitative estimate of drug-likeness (QED) is 0.600. The van der Waals surface area contributed by atoms with Crippen molar-refractivity contribution >= 4 is 7.82 Å². The Kier molecular flexibility index (Phi) is 2.91. The standard InChI is InChI=1S/C9H11O5P/c10-15(11,12)14-9(8-6-13-8)7-4-2-1-3-5-7/h1-5,8-9H,6H2,(H2,10,11,12). The van der Waals surface area contributed by atoms with E-state index in [9.17, 15) is 4.57 Å². The molecule has 0 spiro atoms. The van der Waals surface area contributed by atoms with Crippen LogP contribution in [0.25, 0.3) is 0 Å². The lowest BCUT2D eigenvalue weighted by Gasteiger charge is -2.16. The van der Waals surface area contributed by atoms with E-state index in [1.54, 1.807) is 24.3 Å². The largest absolute Gasteiger partial charge is 0.470 e. The first kappa shape index (κ1) is 10.8. The van der Waals surface area contributed by atoms with Crippen LogP contribution in [0.15, 0.2) is 30.3 Å². The van der Waals surface area contributed by atoms with Crippen LogP contribution in [0.5, 0.6) is 0 Å². The van der Waals surface area contributed by atoms with Gasteiger partial charge in [-0.3, -0.25) is 4.52 Å². The maximum Gasteiger partial charge on any atom is 0.470 e. The summed E-state index contributed by atoms with van der Waals surface area (Å²) in [6, 6.07) is 8.90. The van der Waals surface area contributed by atoms with Crippen molar-refractivity contribution in [2.45, 2.75) is 12.2 Å². The SMILES string of the molecule is O=P(O)(O)OC(c1ccccc1)C1CO1. The Balaban J connectivity index is 2.17. The van der Waals surface area contributed by atoms with E-state index in [0.29, 0.717) is 12.2 Å². The minimum atomic E-state index is -4.48. The van der Waals surface area contributed by atoms with Crippen LogP contribution in [0.4, 0.5) is 0 Å². The van der Waals surface area contributed by atoms with E-state index in [-0.39, 0.29) is 6.10 Å². The van der Waals surface area contributed by atoms with Gasteiger partial charge in [0.2, 0.25) is 0 Å². The lowest BCUT2D eigenvalue weighted by Crippen LogP contribution is -2.09. The highest BCUT2D eigenvalue weighted by molar-refractivity contribution is 7.46. The summed E-state index contributed by atoms with van der Waals surface area (Å²) in [5.74, 6) is 0. The Labute approximate surface area is 86.9 Å². The Morgan fingerprint density at radius 3 is 2.47 bits per heavy atom. The van der Waals surface area contributed by atoms with Gasteiger partial charge in [-0.05, 0) is 5.56 Å². The Morgan fingerprint density at radius 2 is 2.00 bits per heavy atom. The minimum Gasteiger partial charge on any atom is -0.370 e. The summed E-state index contributed by atoms with van der Waals surface area (Å²) in [5.41, 5.74) is 0.711. The van der Waals surface area contributed by atoms with Gasteiger partial charge >= 0.3 is 7.82 Å². The van der Waals surface area contributed by atoms with Gasteiger partial charge in [-0.15, -0.1) is 0 Å². The van der Waals surface area contributed by atoms with E-state index < -0.39 is 13.9 Å². The molecule has 0 saturated carbocycles. The van der Waals surface area contributed by atoms with Crippen molar-refractivity contribution in [1.82, 2.24) is 0 Å². The number of rotatable bonds is 4. The van der Waals surface area contributed by atoms with Crippen LogP contribution in [0.1, 0.15) is 11.7 Å². The zero-order valence-electron chi connectivity index (χ0n) is 7.81. The molecule has 2 atom stereocenters. The highest BCUT2D eigenvalue weighted by atomic mass is 31.2. The third kappa shape index (κ3) is 3.12. The second-order valence-electron chi connectivity index (χ2n) is 3.30. The van der Waals surface area contributed by atoms with Gasteiger partial charge in [0.05, 0.1) is 6.61 Å². The Hall–Kier alpha value is -0.710. The van der Waals surface area contributed by atoms with Crippen LogP contribution >= 0.6 is 7.82 Å². The molecule has 15 heavy (non-hydrogen) atoms. The molecule has 2 unspecified atom stereocenters. The third-order valence-corrected chi connectivity index (χ3v) is 2.58. The van der Waals surface area contributed by atoms with Crippen LogP contribution in [-0.4, -0.2) is 22.5 Å².